The Kier molecular flexibility index (Phi) is 4.81. The summed E-state index contributed by atoms with van der Waals surface area (Å²) >= 11 is 0. The highest BCUT2D eigenvalue weighted by atomic mass is 16.2. The molecule has 1 aliphatic rings. The van der Waals surface area contributed by atoms with Gasteiger partial charge in [0.05, 0.1) is 0 Å². The summed E-state index contributed by atoms with van der Waals surface area (Å²) in [6, 6.07) is 17.9. The first kappa shape index (κ1) is 18.2. The third kappa shape index (κ3) is 3.37. The van der Waals surface area contributed by atoms with Crippen molar-refractivity contribution in [2.45, 2.75) is 0 Å². The number of nitrogens with zero attached hydrogens (tertiary/aromatic N) is 5. The smallest absolute Gasteiger partial charge is 0.254 e. The Balaban J connectivity index is 1.42. The van der Waals surface area contributed by atoms with Gasteiger partial charge in [-0.1, -0.05) is 30.3 Å². The van der Waals surface area contributed by atoms with Crippen LogP contribution in [0.5, 0.6) is 0 Å². The van der Waals surface area contributed by atoms with E-state index < -0.39 is 0 Å². The van der Waals surface area contributed by atoms with Crippen LogP contribution in [0.1, 0.15) is 10.4 Å². The molecule has 0 radical (unpaired) electrons. The molecule has 6 heteroatoms. The number of benzene rings is 2. The standard InChI is InChI=1S/C24H21N5O/c30-23(28-14-16-29(17-15-28)24-26-10-3-11-27-24)22-7-2-5-20-19(4-1-6-21(20)22)18-8-12-25-13-9-18/h1-13H,14-17H2. The predicted octanol–water partition coefficient (Wildman–Crippen LogP) is 3.65. The van der Waals surface area contributed by atoms with Crippen LogP contribution in [-0.2, 0) is 0 Å². The molecule has 148 valence electrons. The van der Waals surface area contributed by atoms with Gasteiger partial charge >= 0.3 is 0 Å². The van der Waals surface area contributed by atoms with Crippen LogP contribution < -0.4 is 4.90 Å². The molecular weight excluding hydrogens is 374 g/mol. The Labute approximate surface area is 174 Å². The van der Waals surface area contributed by atoms with Crippen molar-refractivity contribution in [3.8, 4) is 11.1 Å². The third-order valence-electron chi connectivity index (χ3n) is 5.55. The molecule has 0 spiro atoms. The summed E-state index contributed by atoms with van der Waals surface area (Å²) in [7, 11) is 0. The number of piperazine rings is 1. The van der Waals surface area contributed by atoms with Gasteiger partial charge in [0.2, 0.25) is 5.95 Å². The third-order valence-corrected chi connectivity index (χ3v) is 5.55. The normalized spacial score (nSPS) is 14.1. The number of hydrogen-bond acceptors (Lipinski definition) is 5. The molecule has 2 aromatic heterocycles. The summed E-state index contributed by atoms with van der Waals surface area (Å²) in [6.07, 6.45) is 7.07. The van der Waals surface area contributed by atoms with Gasteiger partial charge in [-0.15, -0.1) is 0 Å². The predicted molar refractivity (Wildman–Crippen MR) is 117 cm³/mol. The maximum Gasteiger partial charge on any atom is 0.254 e. The molecule has 0 atom stereocenters. The Morgan fingerprint density at radius 2 is 1.43 bits per heavy atom. The van der Waals surface area contributed by atoms with E-state index in [0.29, 0.717) is 13.1 Å². The number of rotatable bonds is 3. The van der Waals surface area contributed by atoms with E-state index in [9.17, 15) is 4.79 Å². The Morgan fingerprint density at radius 1 is 0.733 bits per heavy atom. The summed E-state index contributed by atoms with van der Waals surface area (Å²) in [6.45, 7) is 2.75. The molecule has 5 rings (SSSR count). The van der Waals surface area contributed by atoms with Crippen LogP contribution in [-0.4, -0.2) is 51.9 Å². The lowest BCUT2D eigenvalue weighted by Crippen LogP contribution is -2.49. The first-order chi connectivity index (χ1) is 14.8. The van der Waals surface area contributed by atoms with Crippen LogP contribution in [0, 0.1) is 0 Å². The zero-order valence-electron chi connectivity index (χ0n) is 16.5. The second-order valence-electron chi connectivity index (χ2n) is 7.27. The van der Waals surface area contributed by atoms with Gasteiger partial charge in [0.15, 0.2) is 0 Å². The molecule has 1 aliphatic heterocycles. The molecule has 1 saturated heterocycles. The van der Waals surface area contributed by atoms with Crippen molar-refractivity contribution < 1.29 is 4.79 Å². The number of hydrogen-bond donors (Lipinski definition) is 0. The van der Waals surface area contributed by atoms with E-state index in [2.05, 4.69) is 32.0 Å². The Hall–Kier alpha value is -3.80. The summed E-state index contributed by atoms with van der Waals surface area (Å²) in [5.74, 6) is 0.790. The minimum absolute atomic E-state index is 0.0705. The average molecular weight is 395 g/mol. The number of amides is 1. The maximum atomic E-state index is 13.4. The van der Waals surface area contributed by atoms with Crippen LogP contribution in [0.25, 0.3) is 21.9 Å². The van der Waals surface area contributed by atoms with Gasteiger partial charge in [0, 0.05) is 56.5 Å². The summed E-state index contributed by atoms with van der Waals surface area (Å²) in [5, 5.41) is 2.05. The molecule has 4 aromatic rings. The van der Waals surface area contributed by atoms with Gasteiger partial charge in [-0.05, 0) is 46.2 Å². The summed E-state index contributed by atoms with van der Waals surface area (Å²) in [5.41, 5.74) is 2.94. The molecular formula is C24H21N5O. The summed E-state index contributed by atoms with van der Waals surface area (Å²) < 4.78 is 0. The molecule has 30 heavy (non-hydrogen) atoms. The zero-order chi connectivity index (χ0) is 20.3. The molecule has 0 N–H and O–H groups in total. The fourth-order valence-electron chi connectivity index (χ4n) is 4.01. The molecule has 0 aliphatic carbocycles. The molecule has 3 heterocycles. The monoisotopic (exact) mass is 395 g/mol. The van der Waals surface area contributed by atoms with Crippen molar-refractivity contribution in [1.29, 1.82) is 0 Å². The number of carbonyl (C=O) groups excluding carboxylic acids is 1. The van der Waals surface area contributed by atoms with E-state index in [1.807, 2.05) is 47.4 Å². The second kappa shape index (κ2) is 7.91. The van der Waals surface area contributed by atoms with E-state index in [1.54, 1.807) is 24.8 Å². The van der Waals surface area contributed by atoms with Crippen LogP contribution in [0.3, 0.4) is 0 Å². The minimum Gasteiger partial charge on any atom is -0.337 e. The van der Waals surface area contributed by atoms with E-state index in [-0.39, 0.29) is 5.91 Å². The van der Waals surface area contributed by atoms with Gasteiger partial charge in [0.1, 0.15) is 0 Å². The van der Waals surface area contributed by atoms with E-state index >= 15 is 0 Å². The Morgan fingerprint density at radius 3 is 2.20 bits per heavy atom. The first-order valence-corrected chi connectivity index (χ1v) is 10.0. The Bertz CT molecular complexity index is 1170. The molecule has 1 fully saturated rings. The summed E-state index contributed by atoms with van der Waals surface area (Å²) in [4.78, 5) is 30.2. The minimum atomic E-state index is 0.0705. The lowest BCUT2D eigenvalue weighted by atomic mass is 9.95. The maximum absolute atomic E-state index is 13.4. The molecule has 1 amide bonds. The van der Waals surface area contributed by atoms with E-state index in [1.165, 1.54) is 0 Å². The van der Waals surface area contributed by atoms with Crippen LogP contribution in [0.2, 0.25) is 0 Å². The van der Waals surface area contributed by atoms with Crippen molar-refractivity contribution in [3.05, 3.63) is 84.9 Å². The molecule has 2 aromatic carbocycles. The van der Waals surface area contributed by atoms with E-state index in [0.717, 1.165) is 46.5 Å². The van der Waals surface area contributed by atoms with Crippen LogP contribution in [0.4, 0.5) is 5.95 Å². The molecule has 6 nitrogen and oxygen atoms in total. The quantitative estimate of drug-likeness (QED) is 0.530. The van der Waals surface area contributed by atoms with Crippen LogP contribution >= 0.6 is 0 Å². The van der Waals surface area contributed by atoms with Gasteiger partial charge < -0.3 is 9.80 Å². The second-order valence-corrected chi connectivity index (χ2v) is 7.27. The largest absolute Gasteiger partial charge is 0.337 e. The van der Waals surface area contributed by atoms with Crippen LogP contribution in [0.15, 0.2) is 79.4 Å². The number of fused-ring (bicyclic) bond motifs is 1. The zero-order valence-corrected chi connectivity index (χ0v) is 16.5. The highest BCUT2D eigenvalue weighted by molar-refractivity contribution is 6.10. The lowest BCUT2D eigenvalue weighted by Gasteiger charge is -2.34. The van der Waals surface area contributed by atoms with Gasteiger partial charge in [-0.25, -0.2) is 9.97 Å². The fourth-order valence-corrected chi connectivity index (χ4v) is 4.01. The van der Waals surface area contributed by atoms with Crippen molar-refractivity contribution in [2.75, 3.05) is 31.1 Å². The first-order valence-electron chi connectivity index (χ1n) is 10.0. The lowest BCUT2D eigenvalue weighted by molar-refractivity contribution is 0.0748. The highest BCUT2D eigenvalue weighted by Crippen LogP contribution is 2.30. The number of carbonyl (C=O) groups is 1. The molecule has 0 saturated carbocycles. The van der Waals surface area contributed by atoms with Gasteiger partial charge in [-0.2, -0.15) is 0 Å². The number of anilines is 1. The van der Waals surface area contributed by atoms with Crippen molar-refractivity contribution in [1.82, 2.24) is 19.9 Å². The molecule has 0 unspecified atom stereocenters. The van der Waals surface area contributed by atoms with Crippen molar-refractivity contribution in [2.24, 2.45) is 0 Å². The number of pyridine rings is 1. The highest BCUT2D eigenvalue weighted by Gasteiger charge is 2.24. The van der Waals surface area contributed by atoms with Gasteiger partial charge in [0.25, 0.3) is 5.91 Å². The van der Waals surface area contributed by atoms with E-state index in [4.69, 9.17) is 0 Å². The average Bonchev–Trinajstić information content (AvgIpc) is 2.84. The fraction of sp³-hybridized carbons (Fsp3) is 0.167. The van der Waals surface area contributed by atoms with Crippen molar-refractivity contribution in [3.63, 3.8) is 0 Å². The molecule has 0 bridgehead atoms. The SMILES string of the molecule is O=C(c1cccc2c(-c3ccncc3)cccc12)N1CCN(c2ncccn2)CC1. The van der Waals surface area contributed by atoms with Crippen molar-refractivity contribution >= 4 is 22.6 Å². The van der Waals surface area contributed by atoms with Gasteiger partial charge in [-0.3, -0.25) is 9.78 Å². The number of aromatic nitrogens is 3. The topological polar surface area (TPSA) is 62.2 Å².